The topological polar surface area (TPSA) is 65.5 Å². The Kier molecular flexibility index (Phi) is 9.64. The van der Waals surface area contributed by atoms with E-state index in [1.54, 1.807) is 31.3 Å². The summed E-state index contributed by atoms with van der Waals surface area (Å²) in [6, 6.07) is 13.8. The highest BCUT2D eigenvalue weighted by Crippen LogP contribution is 2.05. The summed E-state index contributed by atoms with van der Waals surface area (Å²) in [5.41, 5.74) is 2.65. The lowest BCUT2D eigenvalue weighted by Gasteiger charge is -2.12. The van der Waals surface area contributed by atoms with Crippen molar-refractivity contribution in [2.45, 2.75) is 20.0 Å². The molecule has 1 amide bonds. The molecule has 26 heavy (non-hydrogen) atoms. The Morgan fingerprint density at radius 3 is 1.88 bits per heavy atom. The van der Waals surface area contributed by atoms with Gasteiger partial charge < -0.3 is 16.0 Å². The average Bonchev–Trinajstić information content (AvgIpc) is 2.64. The molecule has 0 aromatic heterocycles. The maximum absolute atomic E-state index is 12.9. The van der Waals surface area contributed by atoms with E-state index in [2.05, 4.69) is 20.9 Å². The standard InChI is InChI=1S/C19H23FN4O.HI/c1-3-22-18(25)16-8-4-14(5-9-16)12-23-19(21-2)24-13-15-6-10-17(20)11-7-15;/h4-11H,3,12-13H2,1-2H3,(H,22,25)(H2,21,23,24);1H. The Morgan fingerprint density at radius 2 is 1.42 bits per heavy atom. The third kappa shape index (κ3) is 6.99. The summed E-state index contributed by atoms with van der Waals surface area (Å²) in [5.74, 6) is 0.332. The van der Waals surface area contributed by atoms with E-state index in [1.165, 1.54) is 12.1 Å². The van der Waals surface area contributed by atoms with E-state index in [-0.39, 0.29) is 35.7 Å². The van der Waals surface area contributed by atoms with Crippen LogP contribution in [0.1, 0.15) is 28.4 Å². The zero-order valence-electron chi connectivity index (χ0n) is 14.9. The lowest BCUT2D eigenvalue weighted by molar-refractivity contribution is 0.0956. The van der Waals surface area contributed by atoms with Gasteiger partial charge in [-0.05, 0) is 42.3 Å². The summed E-state index contributed by atoms with van der Waals surface area (Å²) in [6.45, 7) is 3.63. The Balaban J connectivity index is 0.00000338. The van der Waals surface area contributed by atoms with Crippen molar-refractivity contribution in [2.75, 3.05) is 13.6 Å². The number of nitrogens with zero attached hydrogens (tertiary/aromatic N) is 1. The van der Waals surface area contributed by atoms with Crippen molar-refractivity contribution >= 4 is 35.8 Å². The zero-order valence-corrected chi connectivity index (χ0v) is 17.2. The van der Waals surface area contributed by atoms with E-state index in [1.807, 2.05) is 19.1 Å². The van der Waals surface area contributed by atoms with E-state index in [0.717, 1.165) is 11.1 Å². The molecule has 140 valence electrons. The second kappa shape index (κ2) is 11.5. The van der Waals surface area contributed by atoms with Crippen molar-refractivity contribution < 1.29 is 9.18 Å². The second-order valence-corrected chi connectivity index (χ2v) is 5.46. The normalized spacial score (nSPS) is 10.7. The Morgan fingerprint density at radius 1 is 0.923 bits per heavy atom. The fourth-order valence-corrected chi connectivity index (χ4v) is 2.23. The summed E-state index contributed by atoms with van der Waals surface area (Å²) in [5, 5.41) is 9.15. The SMILES string of the molecule is CCNC(=O)c1ccc(CNC(=NC)NCc2ccc(F)cc2)cc1.I. The minimum Gasteiger partial charge on any atom is -0.352 e. The highest BCUT2D eigenvalue weighted by molar-refractivity contribution is 14.0. The number of carbonyl (C=O) groups excluding carboxylic acids is 1. The molecule has 5 nitrogen and oxygen atoms in total. The van der Waals surface area contributed by atoms with E-state index >= 15 is 0 Å². The first-order valence-electron chi connectivity index (χ1n) is 8.18. The van der Waals surface area contributed by atoms with Gasteiger partial charge in [-0.3, -0.25) is 9.79 Å². The van der Waals surface area contributed by atoms with Crippen molar-refractivity contribution in [3.8, 4) is 0 Å². The van der Waals surface area contributed by atoms with Crippen LogP contribution in [0.3, 0.4) is 0 Å². The average molecular weight is 470 g/mol. The monoisotopic (exact) mass is 470 g/mol. The molecule has 0 spiro atoms. The summed E-state index contributed by atoms with van der Waals surface area (Å²) in [4.78, 5) is 15.9. The lowest BCUT2D eigenvalue weighted by Crippen LogP contribution is -2.36. The van der Waals surface area contributed by atoms with Gasteiger partial charge in [0.15, 0.2) is 5.96 Å². The van der Waals surface area contributed by atoms with Crippen LogP contribution >= 0.6 is 24.0 Å². The number of hydrogen-bond donors (Lipinski definition) is 3. The number of guanidine groups is 1. The summed E-state index contributed by atoms with van der Waals surface area (Å²) >= 11 is 0. The molecule has 0 atom stereocenters. The van der Waals surface area contributed by atoms with Crippen LogP contribution < -0.4 is 16.0 Å². The minimum atomic E-state index is -0.248. The van der Waals surface area contributed by atoms with Crippen molar-refractivity contribution in [3.05, 3.63) is 71.0 Å². The van der Waals surface area contributed by atoms with Crippen LogP contribution in [-0.2, 0) is 13.1 Å². The van der Waals surface area contributed by atoms with Gasteiger partial charge in [-0.1, -0.05) is 24.3 Å². The molecule has 0 heterocycles. The molecule has 0 saturated carbocycles. The maximum Gasteiger partial charge on any atom is 0.251 e. The molecule has 0 bridgehead atoms. The van der Waals surface area contributed by atoms with Crippen LogP contribution in [0.2, 0.25) is 0 Å². The molecule has 0 aliphatic carbocycles. The first-order chi connectivity index (χ1) is 12.1. The summed E-state index contributed by atoms with van der Waals surface area (Å²) in [7, 11) is 1.69. The smallest absolute Gasteiger partial charge is 0.251 e. The molecule has 0 fully saturated rings. The molecule has 0 aliphatic heterocycles. The molecule has 0 unspecified atom stereocenters. The minimum absolute atomic E-state index is 0. The van der Waals surface area contributed by atoms with Gasteiger partial charge in [-0.15, -0.1) is 24.0 Å². The van der Waals surface area contributed by atoms with Crippen LogP contribution in [0.4, 0.5) is 4.39 Å². The Hall–Kier alpha value is -2.16. The van der Waals surface area contributed by atoms with Crippen molar-refractivity contribution in [2.24, 2.45) is 4.99 Å². The maximum atomic E-state index is 12.9. The molecule has 0 saturated heterocycles. The Labute approximate surface area is 170 Å². The predicted octanol–water partition coefficient (Wildman–Crippen LogP) is 3.06. The van der Waals surface area contributed by atoms with Crippen LogP contribution in [0, 0.1) is 5.82 Å². The molecule has 2 aromatic carbocycles. The van der Waals surface area contributed by atoms with Gasteiger partial charge in [0.25, 0.3) is 5.91 Å². The highest BCUT2D eigenvalue weighted by atomic mass is 127. The molecular weight excluding hydrogens is 446 g/mol. The van der Waals surface area contributed by atoms with Gasteiger partial charge >= 0.3 is 0 Å². The molecule has 7 heteroatoms. The van der Waals surface area contributed by atoms with Crippen molar-refractivity contribution in [1.29, 1.82) is 0 Å². The van der Waals surface area contributed by atoms with Crippen molar-refractivity contribution in [1.82, 2.24) is 16.0 Å². The number of hydrogen-bond acceptors (Lipinski definition) is 2. The van der Waals surface area contributed by atoms with Gasteiger partial charge in [-0.2, -0.15) is 0 Å². The van der Waals surface area contributed by atoms with Crippen LogP contribution in [0.25, 0.3) is 0 Å². The molecule has 2 rings (SSSR count). The fraction of sp³-hybridized carbons (Fsp3) is 0.263. The van der Waals surface area contributed by atoms with E-state index < -0.39 is 0 Å². The third-order valence-electron chi connectivity index (χ3n) is 3.61. The van der Waals surface area contributed by atoms with Gasteiger partial charge in [0, 0.05) is 32.2 Å². The van der Waals surface area contributed by atoms with Crippen LogP contribution in [0.5, 0.6) is 0 Å². The molecule has 3 N–H and O–H groups in total. The summed E-state index contributed by atoms with van der Waals surface area (Å²) in [6.07, 6.45) is 0. The number of halogens is 2. The van der Waals surface area contributed by atoms with Gasteiger partial charge in [-0.25, -0.2) is 4.39 Å². The van der Waals surface area contributed by atoms with Gasteiger partial charge in [0.05, 0.1) is 0 Å². The third-order valence-corrected chi connectivity index (χ3v) is 3.61. The van der Waals surface area contributed by atoms with Crippen molar-refractivity contribution in [3.63, 3.8) is 0 Å². The molecule has 2 aromatic rings. The number of nitrogens with one attached hydrogen (secondary N) is 3. The first-order valence-corrected chi connectivity index (χ1v) is 8.18. The van der Waals surface area contributed by atoms with Crippen LogP contribution in [0.15, 0.2) is 53.5 Å². The quantitative estimate of drug-likeness (QED) is 0.346. The van der Waals surface area contributed by atoms with E-state index in [9.17, 15) is 9.18 Å². The number of rotatable bonds is 6. The molecule has 0 radical (unpaired) electrons. The highest BCUT2D eigenvalue weighted by Gasteiger charge is 2.04. The fourth-order valence-electron chi connectivity index (χ4n) is 2.23. The number of carbonyl (C=O) groups is 1. The second-order valence-electron chi connectivity index (χ2n) is 5.46. The summed E-state index contributed by atoms with van der Waals surface area (Å²) < 4.78 is 12.9. The molecular formula is C19H24FIN4O. The number of aliphatic imine (C=N–C) groups is 1. The van der Waals surface area contributed by atoms with Gasteiger partial charge in [0.2, 0.25) is 0 Å². The zero-order chi connectivity index (χ0) is 18.1. The van der Waals surface area contributed by atoms with E-state index in [4.69, 9.17) is 0 Å². The Bertz CT molecular complexity index is 717. The number of benzene rings is 2. The van der Waals surface area contributed by atoms with E-state index in [0.29, 0.717) is 31.2 Å². The number of amides is 1. The van der Waals surface area contributed by atoms with Crippen LogP contribution in [-0.4, -0.2) is 25.5 Å². The van der Waals surface area contributed by atoms with Gasteiger partial charge in [0.1, 0.15) is 5.82 Å². The largest absolute Gasteiger partial charge is 0.352 e. The predicted molar refractivity (Wildman–Crippen MR) is 113 cm³/mol. The molecule has 0 aliphatic rings. The first kappa shape index (κ1) is 21.9. The lowest BCUT2D eigenvalue weighted by atomic mass is 10.1.